The molecule has 0 saturated carbocycles. The molecule has 4 nitrogen and oxygen atoms in total. The first kappa shape index (κ1) is 25.6. The van der Waals surface area contributed by atoms with Crippen molar-refractivity contribution in [2.24, 2.45) is 0 Å². The van der Waals surface area contributed by atoms with Crippen LogP contribution in [0.4, 0.5) is 0 Å². The van der Waals surface area contributed by atoms with Crippen molar-refractivity contribution in [2.75, 3.05) is 0 Å². The summed E-state index contributed by atoms with van der Waals surface area (Å²) < 4.78 is 5.58. The second kappa shape index (κ2) is 15.2. The first-order valence-electron chi connectivity index (χ1n) is 10.2. The molecule has 0 aliphatic rings. The SMILES string of the molecule is BrCc1ccccc1.O=Cc1ccccc1O.O=Cc1ccccc1OCc1ccccc1. The Morgan fingerprint density at radius 2 is 1.12 bits per heavy atom. The van der Waals surface area contributed by atoms with Crippen LogP contribution >= 0.6 is 15.9 Å². The number of hydrogen-bond donors (Lipinski definition) is 1. The maximum atomic E-state index is 10.8. The fourth-order valence-electron chi connectivity index (χ4n) is 2.60. The fourth-order valence-corrected chi connectivity index (χ4v) is 2.97. The molecule has 4 rings (SSSR count). The molecule has 4 aromatic carbocycles. The maximum absolute atomic E-state index is 10.8. The van der Waals surface area contributed by atoms with Crippen molar-refractivity contribution in [3.8, 4) is 11.5 Å². The fraction of sp³-hybridized carbons (Fsp3) is 0.0714. The topological polar surface area (TPSA) is 63.6 Å². The van der Waals surface area contributed by atoms with E-state index in [1.165, 1.54) is 11.6 Å². The quantitative estimate of drug-likeness (QED) is 0.230. The van der Waals surface area contributed by atoms with E-state index in [-0.39, 0.29) is 5.75 Å². The Labute approximate surface area is 202 Å². The van der Waals surface area contributed by atoms with Crippen LogP contribution in [0, 0.1) is 0 Å². The average Bonchev–Trinajstić information content (AvgIpc) is 2.90. The number of phenolic OH excluding ortho intramolecular Hbond substituents is 1. The zero-order chi connectivity index (χ0) is 23.7. The van der Waals surface area contributed by atoms with Crippen molar-refractivity contribution in [1.29, 1.82) is 0 Å². The minimum absolute atomic E-state index is 0.0347. The lowest BCUT2D eigenvalue weighted by Crippen LogP contribution is -1.97. The number of para-hydroxylation sites is 2. The number of aldehydes is 2. The van der Waals surface area contributed by atoms with Crippen LogP contribution in [0.3, 0.4) is 0 Å². The summed E-state index contributed by atoms with van der Waals surface area (Å²) in [5.74, 6) is 0.661. The number of carbonyl (C=O) groups is 2. The van der Waals surface area contributed by atoms with Crippen LogP contribution in [-0.2, 0) is 11.9 Å². The normalized spacial score (nSPS) is 9.36. The second-order valence-corrected chi connectivity index (χ2v) is 7.29. The van der Waals surface area contributed by atoms with Crippen molar-refractivity contribution >= 4 is 28.5 Å². The smallest absolute Gasteiger partial charge is 0.153 e. The summed E-state index contributed by atoms with van der Waals surface area (Å²) in [6.45, 7) is 0.478. The predicted molar refractivity (Wildman–Crippen MR) is 135 cm³/mol. The number of alkyl halides is 1. The molecule has 0 aromatic heterocycles. The third-order valence-electron chi connectivity index (χ3n) is 4.34. The summed E-state index contributed by atoms with van der Waals surface area (Å²) >= 11 is 3.36. The van der Waals surface area contributed by atoms with Gasteiger partial charge in [-0.15, -0.1) is 0 Å². The van der Waals surface area contributed by atoms with Gasteiger partial charge >= 0.3 is 0 Å². The summed E-state index contributed by atoms with van der Waals surface area (Å²) in [6.07, 6.45) is 1.43. The van der Waals surface area contributed by atoms with Crippen molar-refractivity contribution in [1.82, 2.24) is 0 Å². The number of phenols is 1. The number of ether oxygens (including phenoxy) is 1. The molecule has 33 heavy (non-hydrogen) atoms. The lowest BCUT2D eigenvalue weighted by atomic mass is 10.2. The number of carbonyl (C=O) groups excluding carboxylic acids is 2. The molecule has 0 unspecified atom stereocenters. The average molecular weight is 505 g/mol. The highest BCUT2D eigenvalue weighted by Gasteiger charge is 2.01. The van der Waals surface area contributed by atoms with E-state index in [4.69, 9.17) is 9.84 Å². The highest BCUT2D eigenvalue weighted by molar-refractivity contribution is 9.08. The van der Waals surface area contributed by atoms with E-state index in [9.17, 15) is 9.59 Å². The maximum Gasteiger partial charge on any atom is 0.153 e. The Kier molecular flexibility index (Phi) is 11.7. The van der Waals surface area contributed by atoms with Crippen LogP contribution in [0.25, 0.3) is 0 Å². The Balaban J connectivity index is 0.000000192. The van der Waals surface area contributed by atoms with Crippen molar-refractivity contribution in [2.45, 2.75) is 11.9 Å². The molecule has 0 bridgehead atoms. The molecule has 5 heteroatoms. The van der Waals surface area contributed by atoms with Gasteiger partial charge in [0.15, 0.2) is 12.6 Å². The number of rotatable bonds is 6. The van der Waals surface area contributed by atoms with E-state index in [0.717, 1.165) is 17.2 Å². The van der Waals surface area contributed by atoms with E-state index in [0.29, 0.717) is 29.8 Å². The monoisotopic (exact) mass is 504 g/mol. The first-order valence-corrected chi connectivity index (χ1v) is 11.3. The van der Waals surface area contributed by atoms with Gasteiger partial charge in [-0.25, -0.2) is 0 Å². The molecule has 0 heterocycles. The molecule has 0 spiro atoms. The van der Waals surface area contributed by atoms with Crippen LogP contribution in [-0.4, -0.2) is 17.7 Å². The van der Waals surface area contributed by atoms with E-state index < -0.39 is 0 Å². The van der Waals surface area contributed by atoms with Gasteiger partial charge in [0.25, 0.3) is 0 Å². The molecule has 0 radical (unpaired) electrons. The van der Waals surface area contributed by atoms with E-state index in [2.05, 4.69) is 28.1 Å². The molecule has 0 fully saturated rings. The van der Waals surface area contributed by atoms with E-state index in [1.807, 2.05) is 60.7 Å². The van der Waals surface area contributed by atoms with Crippen LogP contribution in [0.2, 0.25) is 0 Å². The van der Waals surface area contributed by atoms with Crippen LogP contribution in [0.1, 0.15) is 31.8 Å². The van der Waals surface area contributed by atoms with Gasteiger partial charge in [-0.1, -0.05) is 101 Å². The highest BCUT2D eigenvalue weighted by Crippen LogP contribution is 2.17. The van der Waals surface area contributed by atoms with Crippen LogP contribution in [0.5, 0.6) is 11.5 Å². The first-order chi connectivity index (χ1) is 16.2. The van der Waals surface area contributed by atoms with Gasteiger partial charge in [0.05, 0.1) is 11.1 Å². The summed E-state index contributed by atoms with van der Waals surface area (Å²) in [6, 6.07) is 33.8. The van der Waals surface area contributed by atoms with Gasteiger partial charge in [0, 0.05) is 5.33 Å². The number of hydrogen-bond acceptors (Lipinski definition) is 4. The standard InChI is InChI=1S/C14H12O2.C7H7Br.C7H6O2/c15-10-13-8-4-5-9-14(13)16-11-12-6-2-1-3-7-12;8-6-7-4-2-1-3-5-7;8-5-6-3-1-2-4-7(6)9/h1-10H,11H2;1-5H,6H2;1-5,9H. The summed E-state index contributed by atoms with van der Waals surface area (Å²) in [4.78, 5) is 20.8. The van der Waals surface area contributed by atoms with E-state index >= 15 is 0 Å². The number of benzene rings is 4. The Morgan fingerprint density at radius 3 is 1.61 bits per heavy atom. The van der Waals surface area contributed by atoms with Crippen molar-refractivity contribution < 1.29 is 19.4 Å². The molecule has 0 saturated heterocycles. The second-order valence-electron chi connectivity index (χ2n) is 6.73. The van der Waals surface area contributed by atoms with Gasteiger partial charge in [-0.2, -0.15) is 0 Å². The number of halogens is 1. The van der Waals surface area contributed by atoms with Crippen LogP contribution in [0.15, 0.2) is 109 Å². The molecule has 1 N–H and O–H groups in total. The molecule has 0 amide bonds. The summed E-state index contributed by atoms with van der Waals surface area (Å²) in [5.41, 5.74) is 3.33. The Morgan fingerprint density at radius 1 is 0.636 bits per heavy atom. The molecule has 0 aliphatic carbocycles. The minimum atomic E-state index is 0.0347. The zero-order valence-electron chi connectivity index (χ0n) is 18.0. The van der Waals surface area contributed by atoms with Gasteiger partial charge in [-0.05, 0) is 35.4 Å². The van der Waals surface area contributed by atoms with Gasteiger partial charge in [0.1, 0.15) is 18.1 Å². The lowest BCUT2D eigenvalue weighted by molar-refractivity contribution is 0.111. The molecule has 4 aromatic rings. The third kappa shape index (κ3) is 9.54. The largest absolute Gasteiger partial charge is 0.507 e. The van der Waals surface area contributed by atoms with Crippen molar-refractivity contribution in [3.05, 3.63) is 131 Å². The highest BCUT2D eigenvalue weighted by atomic mass is 79.9. The molecule has 168 valence electrons. The minimum Gasteiger partial charge on any atom is -0.507 e. The Hall–Kier alpha value is -3.70. The van der Waals surface area contributed by atoms with E-state index in [1.54, 1.807) is 30.3 Å². The zero-order valence-corrected chi connectivity index (χ0v) is 19.6. The molecular weight excluding hydrogens is 480 g/mol. The number of aromatic hydroxyl groups is 1. The summed E-state index contributed by atoms with van der Waals surface area (Å²) in [5, 5.41) is 9.83. The van der Waals surface area contributed by atoms with Crippen molar-refractivity contribution in [3.63, 3.8) is 0 Å². The Bertz CT molecular complexity index is 1100. The molecule has 0 atom stereocenters. The van der Waals surface area contributed by atoms with Crippen LogP contribution < -0.4 is 4.74 Å². The van der Waals surface area contributed by atoms with Gasteiger partial charge in [0.2, 0.25) is 0 Å². The third-order valence-corrected chi connectivity index (χ3v) is 4.99. The van der Waals surface area contributed by atoms with Gasteiger partial charge < -0.3 is 9.84 Å². The van der Waals surface area contributed by atoms with Gasteiger partial charge in [-0.3, -0.25) is 9.59 Å². The summed E-state index contributed by atoms with van der Waals surface area (Å²) in [7, 11) is 0. The molecular formula is C28H25BrO4. The molecule has 0 aliphatic heterocycles. The lowest BCUT2D eigenvalue weighted by Gasteiger charge is -2.07. The predicted octanol–water partition coefficient (Wildman–Crippen LogP) is 6.86.